The molecule has 19 heavy (non-hydrogen) atoms. The van der Waals surface area contributed by atoms with Crippen molar-refractivity contribution in [2.45, 2.75) is 25.8 Å². The van der Waals surface area contributed by atoms with Gasteiger partial charge in [-0.3, -0.25) is 4.79 Å². The first-order valence-electron chi connectivity index (χ1n) is 6.53. The van der Waals surface area contributed by atoms with E-state index in [0.717, 1.165) is 31.0 Å². The highest BCUT2D eigenvalue weighted by molar-refractivity contribution is 7.07. The van der Waals surface area contributed by atoms with Crippen molar-refractivity contribution in [1.82, 2.24) is 19.8 Å². The van der Waals surface area contributed by atoms with E-state index in [4.69, 9.17) is 4.74 Å². The van der Waals surface area contributed by atoms with E-state index in [1.165, 1.54) is 6.42 Å². The fraction of sp³-hybridized carbons (Fsp3) is 0.750. The minimum absolute atomic E-state index is 0.0123. The van der Waals surface area contributed by atoms with Crippen LogP contribution in [-0.4, -0.2) is 59.8 Å². The fourth-order valence-electron chi connectivity index (χ4n) is 2.23. The maximum Gasteiger partial charge on any atom is 0.267 e. The first kappa shape index (κ1) is 14.4. The highest BCUT2D eigenvalue weighted by Gasteiger charge is 2.24. The number of hydrogen-bond acceptors (Lipinski definition) is 6. The lowest BCUT2D eigenvalue weighted by Crippen LogP contribution is -2.42. The van der Waals surface area contributed by atoms with Crippen LogP contribution in [0.2, 0.25) is 0 Å². The lowest BCUT2D eigenvalue weighted by Gasteiger charge is -2.25. The standard InChI is InChI=1S/C12H20N4O2S/c1-9-11(19-15-14-9)12(17)16(6-7-18-2)8-10-4-3-5-13-10/h10,13H,3-8H2,1-2H3. The van der Waals surface area contributed by atoms with Crippen molar-refractivity contribution in [1.29, 1.82) is 0 Å². The van der Waals surface area contributed by atoms with E-state index in [0.29, 0.717) is 29.8 Å². The second-order valence-corrected chi connectivity index (χ2v) is 5.48. The summed E-state index contributed by atoms with van der Waals surface area (Å²) in [5, 5.41) is 7.32. The fourth-order valence-corrected chi connectivity index (χ4v) is 2.85. The number of methoxy groups -OCH3 is 1. The molecule has 0 bridgehead atoms. The van der Waals surface area contributed by atoms with Crippen molar-refractivity contribution < 1.29 is 9.53 Å². The van der Waals surface area contributed by atoms with E-state index in [9.17, 15) is 4.79 Å². The van der Waals surface area contributed by atoms with Crippen molar-refractivity contribution in [3.8, 4) is 0 Å². The molecule has 0 aliphatic carbocycles. The monoisotopic (exact) mass is 284 g/mol. The zero-order valence-electron chi connectivity index (χ0n) is 11.4. The Bertz CT molecular complexity index is 418. The van der Waals surface area contributed by atoms with Crippen molar-refractivity contribution in [2.75, 3.05) is 33.4 Å². The molecule has 1 N–H and O–H groups in total. The number of amides is 1. The lowest BCUT2D eigenvalue weighted by atomic mass is 10.2. The molecule has 2 rings (SSSR count). The van der Waals surface area contributed by atoms with Crippen LogP contribution < -0.4 is 5.32 Å². The minimum atomic E-state index is 0.0123. The van der Waals surface area contributed by atoms with Crippen LogP contribution in [0.4, 0.5) is 0 Å². The van der Waals surface area contributed by atoms with Gasteiger partial charge in [-0.25, -0.2) is 0 Å². The summed E-state index contributed by atoms with van der Waals surface area (Å²) in [7, 11) is 1.65. The molecular weight excluding hydrogens is 264 g/mol. The van der Waals surface area contributed by atoms with Crippen LogP contribution in [0.1, 0.15) is 28.2 Å². The van der Waals surface area contributed by atoms with Crippen molar-refractivity contribution in [2.24, 2.45) is 0 Å². The molecule has 1 aromatic heterocycles. The van der Waals surface area contributed by atoms with E-state index >= 15 is 0 Å². The Labute approximate surface area is 117 Å². The van der Waals surface area contributed by atoms with Gasteiger partial charge in [0.1, 0.15) is 4.88 Å². The third kappa shape index (κ3) is 3.71. The maximum absolute atomic E-state index is 12.5. The summed E-state index contributed by atoms with van der Waals surface area (Å²) in [5.41, 5.74) is 0.705. The number of aromatic nitrogens is 2. The van der Waals surface area contributed by atoms with Gasteiger partial charge in [-0.2, -0.15) is 0 Å². The molecule has 2 heterocycles. The van der Waals surface area contributed by atoms with Crippen LogP contribution in [0, 0.1) is 6.92 Å². The van der Waals surface area contributed by atoms with Gasteiger partial charge in [-0.15, -0.1) is 5.10 Å². The summed E-state index contributed by atoms with van der Waals surface area (Å²) in [6, 6.07) is 0.391. The molecule has 0 radical (unpaired) electrons. The highest BCUT2D eigenvalue weighted by Crippen LogP contribution is 2.15. The lowest BCUT2D eigenvalue weighted by molar-refractivity contribution is 0.0683. The van der Waals surface area contributed by atoms with E-state index in [1.54, 1.807) is 7.11 Å². The van der Waals surface area contributed by atoms with Crippen LogP contribution in [0.3, 0.4) is 0 Å². The quantitative estimate of drug-likeness (QED) is 0.832. The van der Waals surface area contributed by atoms with Gasteiger partial charge >= 0.3 is 0 Å². The Balaban J connectivity index is 2.03. The molecule has 1 aliphatic rings. The topological polar surface area (TPSA) is 67.3 Å². The first-order valence-corrected chi connectivity index (χ1v) is 7.30. The third-order valence-corrected chi connectivity index (χ3v) is 4.12. The predicted octanol–water partition coefficient (Wildman–Crippen LogP) is 0.687. The molecule has 1 aromatic rings. The number of aryl methyl sites for hydroxylation is 1. The molecular formula is C12H20N4O2S. The van der Waals surface area contributed by atoms with Gasteiger partial charge in [-0.05, 0) is 37.8 Å². The predicted molar refractivity (Wildman–Crippen MR) is 73.5 cm³/mol. The first-order chi connectivity index (χ1) is 9.22. The summed E-state index contributed by atoms with van der Waals surface area (Å²) in [6.07, 6.45) is 2.30. The molecule has 1 aliphatic heterocycles. The molecule has 106 valence electrons. The Morgan fingerprint density at radius 2 is 2.47 bits per heavy atom. The van der Waals surface area contributed by atoms with Gasteiger partial charge in [0, 0.05) is 26.2 Å². The van der Waals surface area contributed by atoms with E-state index < -0.39 is 0 Å². The van der Waals surface area contributed by atoms with E-state index in [-0.39, 0.29) is 5.91 Å². The minimum Gasteiger partial charge on any atom is -0.383 e. The zero-order chi connectivity index (χ0) is 13.7. The molecule has 0 saturated carbocycles. The SMILES string of the molecule is COCCN(CC1CCCN1)C(=O)c1snnc1C. The molecule has 6 nitrogen and oxygen atoms in total. The average Bonchev–Trinajstić information content (AvgIpc) is 3.05. The van der Waals surface area contributed by atoms with Crippen LogP contribution in [0.25, 0.3) is 0 Å². The Hall–Kier alpha value is -1.05. The van der Waals surface area contributed by atoms with Gasteiger partial charge < -0.3 is 15.0 Å². The Kier molecular flexibility index (Phi) is 5.24. The summed E-state index contributed by atoms with van der Waals surface area (Å²) in [4.78, 5) is 15.0. The number of nitrogens with one attached hydrogen (secondary N) is 1. The van der Waals surface area contributed by atoms with Gasteiger partial charge in [0.25, 0.3) is 5.91 Å². The van der Waals surface area contributed by atoms with Crippen LogP contribution in [0.5, 0.6) is 0 Å². The number of rotatable bonds is 6. The number of ether oxygens (including phenoxy) is 1. The van der Waals surface area contributed by atoms with Crippen LogP contribution in [0.15, 0.2) is 0 Å². The van der Waals surface area contributed by atoms with Crippen molar-refractivity contribution in [3.63, 3.8) is 0 Å². The van der Waals surface area contributed by atoms with E-state index in [1.807, 2.05) is 11.8 Å². The van der Waals surface area contributed by atoms with Gasteiger partial charge in [0.15, 0.2) is 0 Å². The molecule has 7 heteroatoms. The van der Waals surface area contributed by atoms with Crippen LogP contribution in [-0.2, 0) is 4.74 Å². The highest BCUT2D eigenvalue weighted by atomic mass is 32.1. The summed E-state index contributed by atoms with van der Waals surface area (Å²) in [6.45, 7) is 4.73. The number of hydrogen-bond donors (Lipinski definition) is 1. The third-order valence-electron chi connectivity index (χ3n) is 3.30. The normalized spacial score (nSPS) is 18.7. The summed E-state index contributed by atoms with van der Waals surface area (Å²) in [5.74, 6) is 0.0123. The van der Waals surface area contributed by atoms with Gasteiger partial charge in [0.2, 0.25) is 0 Å². The molecule has 1 amide bonds. The molecule has 1 fully saturated rings. The van der Waals surface area contributed by atoms with Crippen molar-refractivity contribution in [3.05, 3.63) is 10.6 Å². The molecule has 1 atom stereocenters. The second-order valence-electron chi connectivity index (χ2n) is 4.72. The number of carbonyl (C=O) groups excluding carboxylic acids is 1. The second kappa shape index (κ2) is 6.93. The van der Waals surface area contributed by atoms with E-state index in [2.05, 4.69) is 14.9 Å². The number of nitrogens with zero attached hydrogens (tertiary/aromatic N) is 3. The molecule has 1 saturated heterocycles. The largest absolute Gasteiger partial charge is 0.383 e. The Morgan fingerprint density at radius 3 is 3.05 bits per heavy atom. The maximum atomic E-state index is 12.5. The van der Waals surface area contributed by atoms with Crippen LogP contribution >= 0.6 is 11.5 Å². The number of carbonyl (C=O) groups is 1. The zero-order valence-corrected chi connectivity index (χ0v) is 12.2. The summed E-state index contributed by atoms with van der Waals surface area (Å²) < 4.78 is 8.93. The smallest absolute Gasteiger partial charge is 0.267 e. The van der Waals surface area contributed by atoms with Crippen molar-refractivity contribution >= 4 is 17.4 Å². The van der Waals surface area contributed by atoms with Gasteiger partial charge in [-0.1, -0.05) is 4.49 Å². The summed E-state index contributed by atoms with van der Waals surface area (Å²) >= 11 is 1.16. The molecule has 0 aromatic carbocycles. The Morgan fingerprint density at radius 1 is 1.63 bits per heavy atom. The average molecular weight is 284 g/mol. The van der Waals surface area contributed by atoms with Gasteiger partial charge in [0.05, 0.1) is 12.3 Å². The molecule has 1 unspecified atom stereocenters. The molecule has 0 spiro atoms.